The molecule has 0 aliphatic rings. The number of nitrogens with one attached hydrogen (secondary N) is 1. The van der Waals surface area contributed by atoms with Gasteiger partial charge in [-0.15, -0.1) is 0 Å². The highest BCUT2D eigenvalue weighted by atomic mass is 16.1. The first-order valence-electron chi connectivity index (χ1n) is 8.21. The molecule has 0 spiro atoms. The maximum Gasteiger partial charge on any atom is 0.244 e. The Bertz CT molecular complexity index is 825. The normalized spacial score (nSPS) is 10.9. The van der Waals surface area contributed by atoms with Crippen molar-refractivity contribution in [2.24, 2.45) is 0 Å². The lowest BCUT2D eigenvalue weighted by molar-refractivity contribution is -0.116. The van der Waals surface area contributed by atoms with Crippen molar-refractivity contribution in [2.75, 3.05) is 6.54 Å². The lowest BCUT2D eigenvalue weighted by Gasteiger charge is -2.08. The van der Waals surface area contributed by atoms with E-state index in [1.807, 2.05) is 36.5 Å². The second kappa shape index (κ2) is 8.59. The first kappa shape index (κ1) is 16.6. The van der Waals surface area contributed by atoms with Gasteiger partial charge in [0.2, 0.25) is 5.91 Å². The Morgan fingerprint density at radius 3 is 2.80 bits per heavy atom. The number of benzene rings is 1. The van der Waals surface area contributed by atoms with Gasteiger partial charge in [-0.3, -0.25) is 9.78 Å². The van der Waals surface area contributed by atoms with Crippen molar-refractivity contribution in [2.45, 2.75) is 13.0 Å². The average molecular weight is 332 g/mol. The summed E-state index contributed by atoms with van der Waals surface area (Å²) >= 11 is 0. The largest absolute Gasteiger partial charge is 0.352 e. The lowest BCUT2D eigenvalue weighted by atomic mass is 10.2. The molecule has 0 unspecified atom stereocenters. The molecule has 5 nitrogen and oxygen atoms in total. The standard InChI is InChI=1S/C20H20N4O/c25-20(9-8-17-7-4-11-21-15-17)23-12-10-19-22-13-14-24(19)16-18-5-2-1-3-6-18/h1-9,11,13-15H,10,12,16H2,(H,23,25)/b9-8+. The predicted molar refractivity (Wildman–Crippen MR) is 97.8 cm³/mol. The molecule has 1 amide bonds. The van der Waals surface area contributed by atoms with E-state index in [1.165, 1.54) is 11.6 Å². The fraction of sp³-hybridized carbons (Fsp3) is 0.150. The lowest BCUT2D eigenvalue weighted by Crippen LogP contribution is -2.24. The molecule has 1 N–H and O–H groups in total. The van der Waals surface area contributed by atoms with Crippen LogP contribution in [0.25, 0.3) is 6.08 Å². The van der Waals surface area contributed by atoms with Crippen molar-refractivity contribution < 1.29 is 4.79 Å². The van der Waals surface area contributed by atoms with Crippen LogP contribution in [-0.4, -0.2) is 27.0 Å². The maximum atomic E-state index is 11.9. The average Bonchev–Trinajstić information content (AvgIpc) is 3.09. The van der Waals surface area contributed by atoms with Gasteiger partial charge in [0.1, 0.15) is 5.82 Å². The SMILES string of the molecule is O=C(/C=C/c1cccnc1)NCCc1nccn1Cc1ccccc1. The van der Waals surface area contributed by atoms with Crippen molar-refractivity contribution in [3.63, 3.8) is 0 Å². The van der Waals surface area contributed by atoms with E-state index in [0.717, 1.165) is 17.9 Å². The Hall–Kier alpha value is -3.21. The van der Waals surface area contributed by atoms with Gasteiger partial charge >= 0.3 is 0 Å². The summed E-state index contributed by atoms with van der Waals surface area (Å²) in [5.41, 5.74) is 2.13. The number of imidazole rings is 1. The molecule has 0 saturated carbocycles. The number of nitrogens with zero attached hydrogens (tertiary/aromatic N) is 3. The van der Waals surface area contributed by atoms with E-state index in [9.17, 15) is 4.79 Å². The minimum absolute atomic E-state index is 0.120. The second-order valence-corrected chi connectivity index (χ2v) is 5.62. The summed E-state index contributed by atoms with van der Waals surface area (Å²) in [6, 6.07) is 14.0. The molecule has 0 atom stereocenters. The summed E-state index contributed by atoms with van der Waals surface area (Å²) in [4.78, 5) is 20.3. The number of hydrogen-bond acceptors (Lipinski definition) is 3. The van der Waals surface area contributed by atoms with Crippen LogP contribution in [0.15, 0.2) is 73.3 Å². The Morgan fingerprint density at radius 2 is 2.00 bits per heavy atom. The van der Waals surface area contributed by atoms with Crippen LogP contribution < -0.4 is 5.32 Å². The zero-order valence-corrected chi connectivity index (χ0v) is 13.9. The first-order chi connectivity index (χ1) is 12.3. The van der Waals surface area contributed by atoms with Gasteiger partial charge in [-0.05, 0) is 23.3 Å². The number of amides is 1. The third-order valence-electron chi connectivity index (χ3n) is 3.76. The molecule has 0 bridgehead atoms. The summed E-state index contributed by atoms with van der Waals surface area (Å²) in [7, 11) is 0. The van der Waals surface area contributed by atoms with E-state index in [-0.39, 0.29) is 5.91 Å². The molecule has 0 saturated heterocycles. The molecule has 126 valence electrons. The van der Waals surface area contributed by atoms with Crippen LogP contribution in [-0.2, 0) is 17.8 Å². The van der Waals surface area contributed by atoms with Crippen molar-refractivity contribution in [1.82, 2.24) is 19.9 Å². The maximum absolute atomic E-state index is 11.9. The van der Waals surface area contributed by atoms with Gasteiger partial charge in [0, 0.05) is 50.4 Å². The van der Waals surface area contributed by atoms with Gasteiger partial charge in [-0.25, -0.2) is 4.98 Å². The molecule has 2 heterocycles. The second-order valence-electron chi connectivity index (χ2n) is 5.62. The number of pyridine rings is 1. The van der Waals surface area contributed by atoms with Crippen molar-refractivity contribution in [3.05, 3.63) is 90.3 Å². The van der Waals surface area contributed by atoms with Crippen molar-refractivity contribution in [3.8, 4) is 0 Å². The summed E-state index contributed by atoms with van der Waals surface area (Å²) in [6.07, 6.45) is 11.1. The Labute approximate surface area is 147 Å². The number of carbonyl (C=O) groups is 1. The zero-order valence-electron chi connectivity index (χ0n) is 13.9. The monoisotopic (exact) mass is 332 g/mol. The molecule has 1 aromatic carbocycles. The van der Waals surface area contributed by atoms with E-state index in [2.05, 4.69) is 32.0 Å². The molecule has 2 aromatic heterocycles. The van der Waals surface area contributed by atoms with E-state index >= 15 is 0 Å². The molecule has 5 heteroatoms. The van der Waals surface area contributed by atoms with Crippen LogP contribution in [0.3, 0.4) is 0 Å². The Morgan fingerprint density at radius 1 is 1.12 bits per heavy atom. The zero-order chi connectivity index (χ0) is 17.3. The fourth-order valence-corrected chi connectivity index (χ4v) is 2.50. The van der Waals surface area contributed by atoms with Crippen LogP contribution in [0.2, 0.25) is 0 Å². The third-order valence-corrected chi connectivity index (χ3v) is 3.76. The minimum Gasteiger partial charge on any atom is -0.352 e. The highest BCUT2D eigenvalue weighted by Gasteiger charge is 2.04. The molecular formula is C20H20N4O. The van der Waals surface area contributed by atoms with Gasteiger partial charge in [0.05, 0.1) is 0 Å². The number of aromatic nitrogens is 3. The van der Waals surface area contributed by atoms with E-state index in [1.54, 1.807) is 24.7 Å². The molecule has 3 rings (SSSR count). The quantitative estimate of drug-likeness (QED) is 0.677. The van der Waals surface area contributed by atoms with E-state index in [0.29, 0.717) is 13.0 Å². The molecule has 3 aromatic rings. The minimum atomic E-state index is -0.120. The third kappa shape index (κ3) is 5.14. The molecule has 0 aliphatic carbocycles. The first-order valence-corrected chi connectivity index (χ1v) is 8.21. The summed E-state index contributed by atoms with van der Waals surface area (Å²) in [5.74, 6) is 0.838. The molecule has 0 fully saturated rings. The van der Waals surface area contributed by atoms with Gasteiger partial charge < -0.3 is 9.88 Å². The molecular weight excluding hydrogens is 312 g/mol. The number of hydrogen-bond donors (Lipinski definition) is 1. The topological polar surface area (TPSA) is 59.8 Å². The highest BCUT2D eigenvalue weighted by molar-refractivity contribution is 5.91. The summed E-state index contributed by atoms with van der Waals surface area (Å²) in [5, 5.41) is 2.88. The van der Waals surface area contributed by atoms with Crippen LogP contribution in [0.1, 0.15) is 17.0 Å². The van der Waals surface area contributed by atoms with Gasteiger partial charge in [-0.2, -0.15) is 0 Å². The Balaban J connectivity index is 1.49. The van der Waals surface area contributed by atoms with E-state index in [4.69, 9.17) is 0 Å². The molecule has 0 radical (unpaired) electrons. The van der Waals surface area contributed by atoms with Gasteiger partial charge in [0.25, 0.3) is 0 Å². The summed E-state index contributed by atoms with van der Waals surface area (Å²) < 4.78 is 2.10. The number of rotatable bonds is 7. The predicted octanol–water partition coefficient (Wildman–Crippen LogP) is 2.70. The van der Waals surface area contributed by atoms with Crippen LogP contribution >= 0.6 is 0 Å². The smallest absolute Gasteiger partial charge is 0.244 e. The highest BCUT2D eigenvalue weighted by Crippen LogP contribution is 2.06. The van der Waals surface area contributed by atoms with Crippen molar-refractivity contribution in [1.29, 1.82) is 0 Å². The van der Waals surface area contributed by atoms with E-state index < -0.39 is 0 Å². The van der Waals surface area contributed by atoms with Crippen LogP contribution in [0.4, 0.5) is 0 Å². The van der Waals surface area contributed by atoms with Gasteiger partial charge in [0.15, 0.2) is 0 Å². The van der Waals surface area contributed by atoms with Crippen LogP contribution in [0.5, 0.6) is 0 Å². The summed E-state index contributed by atoms with van der Waals surface area (Å²) in [6.45, 7) is 1.33. The van der Waals surface area contributed by atoms with Crippen LogP contribution in [0, 0.1) is 0 Å². The van der Waals surface area contributed by atoms with Gasteiger partial charge in [-0.1, -0.05) is 36.4 Å². The van der Waals surface area contributed by atoms with Crippen molar-refractivity contribution >= 4 is 12.0 Å². The number of carbonyl (C=O) groups excluding carboxylic acids is 1. The molecule has 0 aliphatic heterocycles. The molecule has 25 heavy (non-hydrogen) atoms. The fourth-order valence-electron chi connectivity index (χ4n) is 2.50. The Kier molecular flexibility index (Phi) is 5.72.